The SMILES string of the molecule is Fc1cc(Br)c2c(c1)CCN2C(F)(F)F. The highest BCUT2D eigenvalue weighted by Crippen LogP contribution is 2.41. The molecule has 0 aliphatic carbocycles. The van der Waals surface area contributed by atoms with E-state index in [0.717, 1.165) is 12.1 Å². The third-order valence-electron chi connectivity index (χ3n) is 2.29. The molecule has 0 atom stereocenters. The Morgan fingerprint density at radius 1 is 1.27 bits per heavy atom. The lowest BCUT2D eigenvalue weighted by atomic mass is 10.2. The van der Waals surface area contributed by atoms with Crippen LogP contribution in [0, 0.1) is 5.82 Å². The van der Waals surface area contributed by atoms with Crippen molar-refractivity contribution in [3.8, 4) is 0 Å². The molecule has 0 saturated carbocycles. The average Bonchev–Trinajstić information content (AvgIpc) is 2.45. The van der Waals surface area contributed by atoms with E-state index in [0.29, 0.717) is 10.5 Å². The summed E-state index contributed by atoms with van der Waals surface area (Å²) in [4.78, 5) is 0.325. The maximum atomic E-state index is 12.9. The van der Waals surface area contributed by atoms with E-state index >= 15 is 0 Å². The fourth-order valence-electron chi connectivity index (χ4n) is 1.71. The molecule has 0 amide bonds. The van der Waals surface area contributed by atoms with Crippen LogP contribution < -0.4 is 4.90 Å². The van der Waals surface area contributed by atoms with Crippen molar-refractivity contribution in [2.45, 2.75) is 12.7 Å². The Bertz CT molecular complexity index is 402. The van der Waals surface area contributed by atoms with E-state index in [9.17, 15) is 17.6 Å². The molecule has 0 bridgehead atoms. The van der Waals surface area contributed by atoms with Crippen molar-refractivity contribution in [3.63, 3.8) is 0 Å². The van der Waals surface area contributed by atoms with Crippen LogP contribution in [0.15, 0.2) is 16.6 Å². The van der Waals surface area contributed by atoms with E-state index in [1.54, 1.807) is 0 Å². The molecule has 1 aliphatic heterocycles. The van der Waals surface area contributed by atoms with Crippen molar-refractivity contribution in [2.24, 2.45) is 0 Å². The van der Waals surface area contributed by atoms with Gasteiger partial charge < -0.3 is 0 Å². The van der Waals surface area contributed by atoms with Crippen LogP contribution in [0.1, 0.15) is 5.56 Å². The lowest BCUT2D eigenvalue weighted by molar-refractivity contribution is -0.128. The van der Waals surface area contributed by atoms with Crippen molar-refractivity contribution in [1.82, 2.24) is 0 Å². The lowest BCUT2D eigenvalue weighted by Crippen LogP contribution is -2.36. The minimum Gasteiger partial charge on any atom is -0.282 e. The fraction of sp³-hybridized carbons (Fsp3) is 0.333. The Morgan fingerprint density at radius 2 is 1.93 bits per heavy atom. The van der Waals surface area contributed by atoms with Crippen molar-refractivity contribution >= 4 is 21.6 Å². The third-order valence-corrected chi connectivity index (χ3v) is 2.89. The molecule has 1 aromatic rings. The predicted molar refractivity (Wildman–Crippen MR) is 51.2 cm³/mol. The van der Waals surface area contributed by atoms with Gasteiger partial charge in [-0.1, -0.05) is 0 Å². The zero-order chi connectivity index (χ0) is 11.2. The molecule has 0 fully saturated rings. The Morgan fingerprint density at radius 3 is 2.53 bits per heavy atom. The molecule has 0 unspecified atom stereocenters. The number of nitrogens with zero attached hydrogens (tertiary/aromatic N) is 1. The van der Waals surface area contributed by atoms with Gasteiger partial charge in [-0.3, -0.25) is 4.90 Å². The maximum Gasteiger partial charge on any atom is 0.484 e. The first kappa shape index (κ1) is 10.7. The minimum absolute atomic E-state index is 0.0314. The average molecular weight is 284 g/mol. The molecule has 1 aliphatic rings. The Hall–Kier alpha value is -0.780. The molecule has 1 heterocycles. The van der Waals surface area contributed by atoms with Crippen LogP contribution in [-0.4, -0.2) is 12.8 Å². The summed E-state index contributed by atoms with van der Waals surface area (Å²) >= 11 is 2.95. The quantitative estimate of drug-likeness (QED) is 0.521. The van der Waals surface area contributed by atoms with Gasteiger partial charge in [-0.25, -0.2) is 4.39 Å². The number of benzene rings is 1. The first-order valence-corrected chi connectivity index (χ1v) is 5.01. The maximum absolute atomic E-state index is 12.9. The minimum atomic E-state index is -4.41. The second kappa shape index (κ2) is 3.37. The van der Waals surface area contributed by atoms with Crippen LogP contribution >= 0.6 is 15.9 Å². The van der Waals surface area contributed by atoms with Crippen molar-refractivity contribution in [1.29, 1.82) is 0 Å². The molecular weight excluding hydrogens is 278 g/mol. The summed E-state index contributed by atoms with van der Waals surface area (Å²) in [6.07, 6.45) is -4.20. The van der Waals surface area contributed by atoms with Gasteiger partial charge in [0.15, 0.2) is 0 Å². The summed E-state index contributed by atoms with van der Waals surface area (Å²) in [5.41, 5.74) is 0.420. The molecule has 2 rings (SSSR count). The van der Waals surface area contributed by atoms with E-state index in [2.05, 4.69) is 15.9 Å². The third kappa shape index (κ3) is 1.82. The van der Waals surface area contributed by atoms with E-state index in [-0.39, 0.29) is 23.1 Å². The summed E-state index contributed by atoms with van der Waals surface area (Å²) in [7, 11) is 0. The van der Waals surface area contributed by atoms with Gasteiger partial charge in [-0.2, -0.15) is 13.2 Å². The summed E-state index contributed by atoms with van der Waals surface area (Å²) in [6.45, 7) is -0.152. The highest BCUT2D eigenvalue weighted by atomic mass is 79.9. The largest absolute Gasteiger partial charge is 0.484 e. The van der Waals surface area contributed by atoms with Crippen molar-refractivity contribution in [3.05, 3.63) is 28.0 Å². The van der Waals surface area contributed by atoms with Crippen LogP contribution in [0.3, 0.4) is 0 Å². The number of hydrogen-bond acceptors (Lipinski definition) is 1. The number of fused-ring (bicyclic) bond motifs is 1. The lowest BCUT2D eigenvalue weighted by Gasteiger charge is -2.23. The number of hydrogen-bond donors (Lipinski definition) is 0. The molecule has 1 aromatic carbocycles. The van der Waals surface area contributed by atoms with Crippen LogP contribution in [0.2, 0.25) is 0 Å². The smallest absolute Gasteiger partial charge is 0.282 e. The van der Waals surface area contributed by atoms with Crippen LogP contribution in [0.25, 0.3) is 0 Å². The Kier molecular flexibility index (Phi) is 2.41. The van der Waals surface area contributed by atoms with Gasteiger partial charge in [0, 0.05) is 11.0 Å². The summed E-state index contributed by atoms with van der Waals surface area (Å²) in [5, 5.41) is 0. The normalized spacial score (nSPS) is 15.7. The molecule has 0 saturated heterocycles. The standard InChI is InChI=1S/C9H6BrF4N/c10-7-4-6(11)3-5-1-2-15(8(5)7)9(12,13)14/h3-4H,1-2H2. The molecule has 0 N–H and O–H groups in total. The summed E-state index contributed by atoms with van der Waals surface area (Å²) in [6, 6.07) is 2.19. The van der Waals surface area contributed by atoms with Crippen molar-refractivity contribution in [2.75, 3.05) is 11.4 Å². The molecule has 0 spiro atoms. The number of halogens is 5. The predicted octanol–water partition coefficient (Wildman–Crippen LogP) is 3.47. The zero-order valence-corrected chi connectivity index (χ0v) is 8.99. The van der Waals surface area contributed by atoms with Gasteiger partial charge in [0.1, 0.15) is 5.82 Å². The number of alkyl halides is 3. The summed E-state index contributed by atoms with van der Waals surface area (Å²) < 4.78 is 50.7. The fourth-order valence-corrected chi connectivity index (χ4v) is 2.40. The molecular formula is C9H6BrF4N. The van der Waals surface area contributed by atoms with Crippen LogP contribution in [-0.2, 0) is 6.42 Å². The van der Waals surface area contributed by atoms with E-state index in [1.165, 1.54) is 0 Å². The van der Waals surface area contributed by atoms with Gasteiger partial charge in [0.05, 0.1) is 5.69 Å². The van der Waals surface area contributed by atoms with E-state index in [4.69, 9.17) is 0 Å². The zero-order valence-electron chi connectivity index (χ0n) is 7.41. The van der Waals surface area contributed by atoms with Gasteiger partial charge in [0.25, 0.3) is 0 Å². The van der Waals surface area contributed by atoms with Gasteiger partial charge in [-0.05, 0) is 40.0 Å². The van der Waals surface area contributed by atoms with Crippen LogP contribution in [0.5, 0.6) is 0 Å². The molecule has 0 radical (unpaired) electrons. The molecule has 0 aromatic heterocycles. The van der Waals surface area contributed by atoms with Gasteiger partial charge in [0.2, 0.25) is 0 Å². The monoisotopic (exact) mass is 283 g/mol. The topological polar surface area (TPSA) is 3.24 Å². The first-order valence-electron chi connectivity index (χ1n) is 4.22. The highest BCUT2D eigenvalue weighted by Gasteiger charge is 2.42. The molecule has 1 nitrogen and oxygen atoms in total. The summed E-state index contributed by atoms with van der Waals surface area (Å²) in [5.74, 6) is -0.523. The second-order valence-corrected chi connectivity index (χ2v) is 4.12. The second-order valence-electron chi connectivity index (χ2n) is 3.26. The number of rotatable bonds is 0. The molecule has 6 heteroatoms. The van der Waals surface area contributed by atoms with Crippen molar-refractivity contribution < 1.29 is 17.6 Å². The van der Waals surface area contributed by atoms with E-state index in [1.807, 2.05) is 0 Å². The van der Waals surface area contributed by atoms with Gasteiger partial charge >= 0.3 is 6.30 Å². The van der Waals surface area contributed by atoms with E-state index < -0.39 is 12.1 Å². The van der Waals surface area contributed by atoms with Crippen LogP contribution in [0.4, 0.5) is 23.2 Å². The molecule has 82 valence electrons. The first-order chi connectivity index (χ1) is 6.89. The Labute approximate surface area is 91.8 Å². The number of anilines is 1. The molecule has 15 heavy (non-hydrogen) atoms. The Balaban J connectivity index is 2.51. The highest BCUT2D eigenvalue weighted by molar-refractivity contribution is 9.10. The van der Waals surface area contributed by atoms with Gasteiger partial charge in [-0.15, -0.1) is 0 Å².